The minimum absolute atomic E-state index is 0.00753. The third-order valence-corrected chi connectivity index (χ3v) is 4.12. The van der Waals surface area contributed by atoms with E-state index in [1.54, 1.807) is 6.07 Å². The fourth-order valence-electron chi connectivity index (χ4n) is 2.87. The smallest absolute Gasteiger partial charge is 0.371 e. The molecule has 0 atom stereocenters. The second-order valence-corrected chi connectivity index (χ2v) is 6.11. The minimum Gasteiger partial charge on any atom is -0.475 e. The fraction of sp³-hybridized carbons (Fsp3) is 0.190. The van der Waals surface area contributed by atoms with Crippen molar-refractivity contribution < 1.29 is 14.3 Å². The number of aromatic carboxylic acids is 1. The number of benzene rings is 2. The Labute approximate surface area is 147 Å². The maximum absolute atomic E-state index is 11.1. The van der Waals surface area contributed by atoms with Crippen LogP contribution in [0.4, 0.5) is 0 Å². The number of aryl methyl sites for hydroxylation is 1. The normalized spacial score (nSPS) is 11.0. The van der Waals surface area contributed by atoms with Crippen LogP contribution in [-0.4, -0.2) is 16.0 Å². The molecule has 0 aliphatic rings. The molecule has 1 aromatic heterocycles. The van der Waals surface area contributed by atoms with E-state index in [2.05, 4.69) is 29.2 Å². The minimum atomic E-state index is -1.04. The van der Waals surface area contributed by atoms with E-state index in [0.29, 0.717) is 12.3 Å². The van der Waals surface area contributed by atoms with Gasteiger partial charge in [-0.2, -0.15) is 0 Å². The van der Waals surface area contributed by atoms with Crippen LogP contribution in [0.15, 0.2) is 71.1 Å². The van der Waals surface area contributed by atoms with Crippen LogP contribution < -0.4 is 0 Å². The van der Waals surface area contributed by atoms with E-state index in [4.69, 9.17) is 9.52 Å². The number of furan rings is 1. The lowest BCUT2D eigenvalue weighted by atomic mass is 10.1. The Morgan fingerprint density at radius 3 is 1.88 bits per heavy atom. The Morgan fingerprint density at radius 1 is 0.920 bits per heavy atom. The van der Waals surface area contributed by atoms with Crippen molar-refractivity contribution >= 4 is 5.97 Å². The Bertz CT molecular complexity index is 783. The highest BCUT2D eigenvalue weighted by atomic mass is 16.4. The molecule has 3 aromatic rings. The van der Waals surface area contributed by atoms with Crippen LogP contribution in [0.25, 0.3) is 0 Å². The first-order valence-electron chi connectivity index (χ1n) is 8.24. The molecular formula is C21H21NO3. The van der Waals surface area contributed by atoms with Crippen molar-refractivity contribution in [2.45, 2.75) is 26.6 Å². The quantitative estimate of drug-likeness (QED) is 0.691. The van der Waals surface area contributed by atoms with Gasteiger partial charge in [-0.1, -0.05) is 60.7 Å². The van der Waals surface area contributed by atoms with Gasteiger partial charge in [0.25, 0.3) is 0 Å². The maximum atomic E-state index is 11.1. The molecule has 0 aliphatic heterocycles. The molecular weight excluding hydrogens is 314 g/mol. The lowest BCUT2D eigenvalue weighted by Gasteiger charge is -2.22. The molecule has 25 heavy (non-hydrogen) atoms. The number of hydrogen-bond donors (Lipinski definition) is 1. The molecule has 0 saturated carbocycles. The monoisotopic (exact) mass is 335 g/mol. The average molecular weight is 335 g/mol. The zero-order chi connectivity index (χ0) is 17.6. The Balaban J connectivity index is 1.81. The molecule has 0 bridgehead atoms. The van der Waals surface area contributed by atoms with E-state index in [-0.39, 0.29) is 5.76 Å². The summed E-state index contributed by atoms with van der Waals surface area (Å²) in [6.45, 7) is 4.00. The second kappa shape index (κ2) is 7.81. The van der Waals surface area contributed by atoms with Gasteiger partial charge in [0.15, 0.2) is 0 Å². The van der Waals surface area contributed by atoms with E-state index < -0.39 is 5.97 Å². The molecule has 0 amide bonds. The molecule has 2 aromatic carbocycles. The van der Waals surface area contributed by atoms with Crippen LogP contribution >= 0.6 is 0 Å². The maximum Gasteiger partial charge on any atom is 0.371 e. The van der Waals surface area contributed by atoms with Gasteiger partial charge in [0.1, 0.15) is 5.76 Å². The van der Waals surface area contributed by atoms with Gasteiger partial charge in [-0.25, -0.2) is 4.79 Å². The largest absolute Gasteiger partial charge is 0.475 e. The lowest BCUT2D eigenvalue weighted by Crippen LogP contribution is -2.22. The highest BCUT2D eigenvalue weighted by molar-refractivity contribution is 5.84. The zero-order valence-electron chi connectivity index (χ0n) is 14.2. The third-order valence-electron chi connectivity index (χ3n) is 4.12. The van der Waals surface area contributed by atoms with Crippen molar-refractivity contribution in [2.75, 3.05) is 0 Å². The molecule has 0 radical (unpaired) electrons. The standard InChI is InChI=1S/C21H21NO3/c1-16-19(12-20(25-16)21(23)24)15-22(13-17-8-4-2-5-9-17)14-18-10-6-3-7-11-18/h2-12H,13-15H2,1H3,(H,23,24). The van der Waals surface area contributed by atoms with E-state index in [9.17, 15) is 4.79 Å². The lowest BCUT2D eigenvalue weighted by molar-refractivity contribution is 0.0661. The highest BCUT2D eigenvalue weighted by Crippen LogP contribution is 2.20. The van der Waals surface area contributed by atoms with Crippen LogP contribution in [0.3, 0.4) is 0 Å². The molecule has 3 rings (SSSR count). The molecule has 1 heterocycles. The van der Waals surface area contributed by atoms with Gasteiger partial charge < -0.3 is 9.52 Å². The highest BCUT2D eigenvalue weighted by Gasteiger charge is 2.16. The van der Waals surface area contributed by atoms with Crippen LogP contribution in [0.1, 0.15) is 33.0 Å². The van der Waals surface area contributed by atoms with Crippen LogP contribution in [0, 0.1) is 6.92 Å². The van der Waals surface area contributed by atoms with E-state index in [1.165, 1.54) is 11.1 Å². The summed E-state index contributed by atoms with van der Waals surface area (Å²) in [6, 6.07) is 22.2. The van der Waals surface area contributed by atoms with Crippen molar-refractivity contribution in [3.05, 3.63) is 94.9 Å². The molecule has 0 aliphatic carbocycles. The summed E-state index contributed by atoms with van der Waals surface area (Å²) in [6.07, 6.45) is 0. The van der Waals surface area contributed by atoms with Gasteiger partial charge >= 0.3 is 5.97 Å². The van der Waals surface area contributed by atoms with Crippen molar-refractivity contribution in [1.29, 1.82) is 0 Å². The second-order valence-electron chi connectivity index (χ2n) is 6.11. The molecule has 0 saturated heterocycles. The van der Waals surface area contributed by atoms with Gasteiger partial charge in [-0.15, -0.1) is 0 Å². The number of carboxylic acid groups (broad SMARTS) is 1. The summed E-state index contributed by atoms with van der Waals surface area (Å²) in [5.74, 6) is -0.387. The summed E-state index contributed by atoms with van der Waals surface area (Å²) < 4.78 is 5.35. The van der Waals surface area contributed by atoms with Gasteiger partial charge in [0.2, 0.25) is 5.76 Å². The summed E-state index contributed by atoms with van der Waals surface area (Å²) in [5, 5.41) is 9.12. The average Bonchev–Trinajstić information content (AvgIpc) is 2.98. The van der Waals surface area contributed by atoms with E-state index >= 15 is 0 Å². The Hall–Kier alpha value is -2.85. The summed E-state index contributed by atoms with van der Waals surface area (Å²) >= 11 is 0. The van der Waals surface area contributed by atoms with E-state index in [0.717, 1.165) is 18.7 Å². The number of hydrogen-bond acceptors (Lipinski definition) is 3. The van der Waals surface area contributed by atoms with Crippen molar-refractivity contribution in [1.82, 2.24) is 4.90 Å². The van der Waals surface area contributed by atoms with Crippen LogP contribution in [0.5, 0.6) is 0 Å². The molecule has 0 unspecified atom stereocenters. The third kappa shape index (κ3) is 4.58. The summed E-state index contributed by atoms with van der Waals surface area (Å²) in [7, 11) is 0. The molecule has 1 N–H and O–H groups in total. The zero-order valence-corrected chi connectivity index (χ0v) is 14.2. The molecule has 0 fully saturated rings. The molecule has 4 heteroatoms. The Kier molecular flexibility index (Phi) is 5.31. The fourth-order valence-corrected chi connectivity index (χ4v) is 2.87. The van der Waals surface area contributed by atoms with E-state index in [1.807, 2.05) is 43.3 Å². The number of rotatable bonds is 7. The van der Waals surface area contributed by atoms with Crippen molar-refractivity contribution in [3.8, 4) is 0 Å². The summed E-state index contributed by atoms with van der Waals surface area (Å²) in [4.78, 5) is 13.4. The van der Waals surface area contributed by atoms with Crippen molar-refractivity contribution in [3.63, 3.8) is 0 Å². The molecule has 128 valence electrons. The Morgan fingerprint density at radius 2 is 1.44 bits per heavy atom. The topological polar surface area (TPSA) is 53.7 Å². The summed E-state index contributed by atoms with van der Waals surface area (Å²) in [5.41, 5.74) is 3.35. The number of carboxylic acids is 1. The van der Waals surface area contributed by atoms with Crippen molar-refractivity contribution in [2.24, 2.45) is 0 Å². The molecule has 4 nitrogen and oxygen atoms in total. The van der Waals surface area contributed by atoms with Gasteiger partial charge in [-0.05, 0) is 24.1 Å². The predicted octanol–water partition coefficient (Wildman–Crippen LogP) is 4.49. The van der Waals surface area contributed by atoms with Crippen LogP contribution in [-0.2, 0) is 19.6 Å². The first kappa shape index (κ1) is 17.0. The molecule has 0 spiro atoms. The van der Waals surface area contributed by atoms with Gasteiger partial charge in [0.05, 0.1) is 0 Å². The first-order valence-corrected chi connectivity index (χ1v) is 8.24. The first-order chi connectivity index (χ1) is 12.1. The van der Waals surface area contributed by atoms with Gasteiger partial charge in [-0.3, -0.25) is 4.90 Å². The SMILES string of the molecule is Cc1oc(C(=O)O)cc1CN(Cc1ccccc1)Cc1ccccc1. The van der Waals surface area contributed by atoms with Gasteiger partial charge in [0, 0.05) is 25.2 Å². The predicted molar refractivity (Wildman–Crippen MR) is 96.2 cm³/mol. The van der Waals surface area contributed by atoms with Crippen LogP contribution in [0.2, 0.25) is 0 Å². The number of nitrogens with zero attached hydrogens (tertiary/aromatic N) is 1. The number of carbonyl (C=O) groups is 1.